The fraction of sp³-hybridized carbons (Fsp3) is 1.00. The van der Waals surface area contributed by atoms with Crippen LogP contribution in [-0.2, 0) is 13.1 Å². The van der Waals surface area contributed by atoms with Gasteiger partial charge >= 0.3 is 33.3 Å². The van der Waals surface area contributed by atoms with Gasteiger partial charge in [-0.3, -0.25) is 0 Å². The summed E-state index contributed by atoms with van der Waals surface area (Å²) in [6.45, 7) is 11.7. The summed E-state index contributed by atoms with van der Waals surface area (Å²) < 4.78 is 0. The zero-order chi connectivity index (χ0) is 14.9. The molecule has 5 nitrogen and oxygen atoms in total. The van der Waals surface area contributed by atoms with Gasteiger partial charge in [-0.2, -0.15) is 0 Å². The number of halogens is 2. The van der Waals surface area contributed by atoms with Crippen LogP contribution in [0.2, 0.25) is 0 Å². The topological polar surface area (TPSA) is 60.1 Å². The third-order valence-corrected chi connectivity index (χ3v) is 3.05. The van der Waals surface area contributed by atoms with E-state index in [0.29, 0.717) is 6.04 Å². The van der Waals surface area contributed by atoms with E-state index in [0.717, 1.165) is 58.9 Å². The standard InChI is InChI=1S/C12H29N5.2ClH.Mn/c1-2-12-11-16-8-7-14-4-3-13-5-6-15-9-10-17-12;;;/h12-17H,2-11H2,1H3;2*1H;/q;;;+2/p-2. The zero-order valence-electron chi connectivity index (χ0n) is 12.3. The summed E-state index contributed by atoms with van der Waals surface area (Å²) >= 11 is 0.00694. The van der Waals surface area contributed by atoms with Crippen molar-refractivity contribution in [2.45, 2.75) is 19.4 Å². The Hall–Kier alpha value is 0.899. The van der Waals surface area contributed by atoms with Crippen LogP contribution in [0.15, 0.2) is 0 Å². The first-order valence-electron chi connectivity index (χ1n) is 7.28. The van der Waals surface area contributed by atoms with Crippen molar-refractivity contribution in [1.82, 2.24) is 26.6 Å². The molecule has 1 unspecified atom stereocenters. The van der Waals surface area contributed by atoms with Gasteiger partial charge in [0.1, 0.15) is 0 Å². The summed E-state index contributed by atoms with van der Waals surface area (Å²) in [5, 5.41) is 17.3. The predicted octanol–water partition coefficient (Wildman–Crippen LogP) is 0.103. The van der Waals surface area contributed by atoms with Crippen LogP contribution < -0.4 is 26.6 Å². The minimum absolute atomic E-state index is 0.00694. The summed E-state index contributed by atoms with van der Waals surface area (Å²) in [5.41, 5.74) is 0. The Bertz CT molecular complexity index is 175. The predicted molar refractivity (Wildman–Crippen MR) is 85.3 cm³/mol. The van der Waals surface area contributed by atoms with Crippen molar-refractivity contribution in [3.63, 3.8) is 0 Å². The average molecular weight is 369 g/mol. The zero-order valence-corrected chi connectivity index (χ0v) is 15.0. The molecular formula is C12H29Cl2MnN5. The second kappa shape index (κ2) is 17.9. The van der Waals surface area contributed by atoms with Crippen LogP contribution in [-0.4, -0.2) is 64.9 Å². The summed E-state index contributed by atoms with van der Waals surface area (Å²) in [5.74, 6) is 0. The Kier molecular flexibility index (Phi) is 18.8. The van der Waals surface area contributed by atoms with Gasteiger partial charge < -0.3 is 26.6 Å². The number of hydrogen-bond donors (Lipinski definition) is 5. The van der Waals surface area contributed by atoms with E-state index < -0.39 is 0 Å². The fourth-order valence-electron chi connectivity index (χ4n) is 1.91. The van der Waals surface area contributed by atoms with E-state index in [1.165, 1.54) is 6.42 Å². The molecule has 1 aliphatic heterocycles. The molecule has 123 valence electrons. The van der Waals surface area contributed by atoms with Crippen molar-refractivity contribution in [2.24, 2.45) is 0 Å². The van der Waals surface area contributed by atoms with Crippen molar-refractivity contribution in [2.75, 3.05) is 58.9 Å². The van der Waals surface area contributed by atoms with Crippen molar-refractivity contribution >= 4 is 20.2 Å². The molecule has 1 saturated heterocycles. The number of hydrogen-bond acceptors (Lipinski definition) is 5. The van der Waals surface area contributed by atoms with E-state index in [-0.39, 0.29) is 13.1 Å². The molecule has 0 aromatic heterocycles. The van der Waals surface area contributed by atoms with E-state index in [1.54, 1.807) is 0 Å². The van der Waals surface area contributed by atoms with E-state index in [9.17, 15) is 0 Å². The second-order valence-corrected chi connectivity index (χ2v) is 6.52. The maximum atomic E-state index is 4.80. The van der Waals surface area contributed by atoms with Gasteiger partial charge in [0.05, 0.1) is 0 Å². The number of rotatable bonds is 1. The molecule has 1 rings (SSSR count). The van der Waals surface area contributed by atoms with Crippen LogP contribution in [0.3, 0.4) is 0 Å². The fourth-order valence-corrected chi connectivity index (χ4v) is 1.91. The quantitative estimate of drug-likeness (QED) is 0.425. The van der Waals surface area contributed by atoms with Gasteiger partial charge in [-0.1, -0.05) is 6.92 Å². The van der Waals surface area contributed by atoms with Crippen LogP contribution in [0.4, 0.5) is 0 Å². The molecule has 0 saturated carbocycles. The van der Waals surface area contributed by atoms with Gasteiger partial charge in [-0.05, 0) is 6.42 Å². The molecule has 0 amide bonds. The molecule has 0 radical (unpaired) electrons. The van der Waals surface area contributed by atoms with Gasteiger partial charge in [0, 0.05) is 64.9 Å². The second-order valence-electron chi connectivity index (χ2n) is 4.57. The normalized spacial score (nSPS) is 23.9. The molecule has 1 heterocycles. The van der Waals surface area contributed by atoms with Gasteiger partial charge in [0.15, 0.2) is 0 Å². The van der Waals surface area contributed by atoms with Gasteiger partial charge in [-0.15, -0.1) is 0 Å². The Labute approximate surface area is 138 Å². The molecule has 5 N–H and O–H groups in total. The first-order valence-corrected chi connectivity index (χ1v) is 10.5. The Morgan fingerprint density at radius 3 is 1.65 bits per heavy atom. The van der Waals surface area contributed by atoms with Crippen LogP contribution in [0.5, 0.6) is 0 Å². The van der Waals surface area contributed by atoms with Crippen LogP contribution in [0.1, 0.15) is 13.3 Å². The summed E-state index contributed by atoms with van der Waals surface area (Å²) in [6, 6.07) is 0.597. The molecule has 1 fully saturated rings. The Morgan fingerprint density at radius 2 is 1.20 bits per heavy atom. The molecule has 0 spiro atoms. The monoisotopic (exact) mass is 368 g/mol. The van der Waals surface area contributed by atoms with E-state index in [2.05, 4.69) is 33.5 Å². The van der Waals surface area contributed by atoms with Crippen LogP contribution in [0.25, 0.3) is 0 Å². The third kappa shape index (κ3) is 15.3. The average Bonchev–Trinajstić information content (AvgIpc) is 2.46. The van der Waals surface area contributed by atoms with Crippen LogP contribution >= 0.6 is 20.2 Å². The molecule has 0 bridgehead atoms. The van der Waals surface area contributed by atoms with Gasteiger partial charge in [0.2, 0.25) is 0 Å². The van der Waals surface area contributed by atoms with Gasteiger partial charge in [-0.25, -0.2) is 0 Å². The SMILES string of the molecule is CCC1CNCCNCCNCCNCCN1.[Cl][Mn][Cl]. The number of nitrogens with one attached hydrogen (secondary N) is 5. The molecule has 0 aromatic rings. The molecule has 0 aliphatic carbocycles. The summed E-state index contributed by atoms with van der Waals surface area (Å²) in [7, 11) is 9.59. The van der Waals surface area contributed by atoms with Crippen molar-refractivity contribution in [3.05, 3.63) is 0 Å². The molecule has 20 heavy (non-hydrogen) atoms. The maximum absolute atomic E-state index is 4.80. The van der Waals surface area contributed by atoms with E-state index >= 15 is 0 Å². The first-order chi connectivity index (χ1) is 9.85. The van der Waals surface area contributed by atoms with Crippen LogP contribution in [0, 0.1) is 0 Å². The third-order valence-electron chi connectivity index (χ3n) is 3.05. The summed E-state index contributed by atoms with van der Waals surface area (Å²) in [6.07, 6.45) is 1.18. The van der Waals surface area contributed by atoms with E-state index in [4.69, 9.17) is 20.2 Å². The molecule has 0 aromatic carbocycles. The first kappa shape index (κ1) is 20.9. The summed E-state index contributed by atoms with van der Waals surface area (Å²) in [4.78, 5) is 0. The van der Waals surface area contributed by atoms with Crippen molar-refractivity contribution in [1.29, 1.82) is 0 Å². The Morgan fingerprint density at radius 1 is 0.800 bits per heavy atom. The molecule has 1 aliphatic rings. The minimum atomic E-state index is 0.00694. The molecule has 1 atom stereocenters. The molecular weight excluding hydrogens is 340 g/mol. The van der Waals surface area contributed by atoms with Crippen molar-refractivity contribution < 1.29 is 13.1 Å². The Balaban J connectivity index is 0.00000110. The molecule has 8 heteroatoms. The van der Waals surface area contributed by atoms with Crippen molar-refractivity contribution in [3.8, 4) is 0 Å². The van der Waals surface area contributed by atoms with Gasteiger partial charge in [0.25, 0.3) is 0 Å². The van der Waals surface area contributed by atoms with E-state index in [1.807, 2.05) is 0 Å².